The lowest BCUT2D eigenvalue weighted by Gasteiger charge is -2.22. The van der Waals surface area contributed by atoms with Gasteiger partial charge >= 0.3 is 0 Å². The Bertz CT molecular complexity index is 396. The third kappa shape index (κ3) is 8.19. The molecule has 0 aromatic carbocycles. The molecular formula is C16H31N3O2. The summed E-state index contributed by atoms with van der Waals surface area (Å²) in [6.45, 7) is 15.1. The average Bonchev–Trinajstić information content (AvgIpc) is 2.80. The molecule has 0 unspecified atom stereocenters. The average molecular weight is 297 g/mol. The van der Waals surface area contributed by atoms with E-state index in [2.05, 4.69) is 50.0 Å². The van der Waals surface area contributed by atoms with Crippen molar-refractivity contribution >= 4 is 0 Å². The first-order valence-corrected chi connectivity index (χ1v) is 7.71. The van der Waals surface area contributed by atoms with Gasteiger partial charge in [-0.2, -0.15) is 0 Å². The van der Waals surface area contributed by atoms with E-state index in [1.807, 2.05) is 6.07 Å². The number of hydrogen-bond donors (Lipinski definition) is 1. The molecule has 0 spiro atoms. The maximum Gasteiger partial charge on any atom is 0.151 e. The Balaban J connectivity index is 2.53. The van der Waals surface area contributed by atoms with Gasteiger partial charge in [-0.3, -0.25) is 4.90 Å². The largest absolute Gasteiger partial charge is 0.383 e. The number of aromatic nitrogens is 1. The molecule has 0 bridgehead atoms. The summed E-state index contributed by atoms with van der Waals surface area (Å²) in [4.78, 5) is 2.34. The summed E-state index contributed by atoms with van der Waals surface area (Å²) in [6.07, 6.45) is 0. The quantitative estimate of drug-likeness (QED) is 0.759. The smallest absolute Gasteiger partial charge is 0.151 e. The van der Waals surface area contributed by atoms with Crippen LogP contribution < -0.4 is 5.32 Å². The van der Waals surface area contributed by atoms with Crippen molar-refractivity contribution in [3.63, 3.8) is 0 Å². The van der Waals surface area contributed by atoms with Crippen LogP contribution in [0, 0.1) is 5.92 Å². The molecule has 0 atom stereocenters. The number of hydrogen-bond acceptors (Lipinski definition) is 5. The van der Waals surface area contributed by atoms with Crippen LogP contribution in [0.4, 0.5) is 0 Å². The molecule has 0 aliphatic carbocycles. The van der Waals surface area contributed by atoms with Gasteiger partial charge in [0.05, 0.1) is 18.8 Å². The predicted molar refractivity (Wildman–Crippen MR) is 85.1 cm³/mol. The fraction of sp³-hybridized carbons (Fsp3) is 0.812. The first-order valence-electron chi connectivity index (χ1n) is 7.71. The van der Waals surface area contributed by atoms with Crippen molar-refractivity contribution in [3.05, 3.63) is 17.5 Å². The first kappa shape index (κ1) is 18.1. The van der Waals surface area contributed by atoms with Gasteiger partial charge in [-0.15, -0.1) is 0 Å². The number of nitrogens with zero attached hydrogens (tertiary/aromatic N) is 2. The van der Waals surface area contributed by atoms with Gasteiger partial charge in [-0.05, 0) is 26.7 Å². The van der Waals surface area contributed by atoms with Crippen LogP contribution >= 0.6 is 0 Å². The maximum absolute atomic E-state index is 5.45. The minimum Gasteiger partial charge on any atom is -0.383 e. The molecule has 21 heavy (non-hydrogen) atoms. The second-order valence-corrected chi connectivity index (χ2v) is 7.01. The molecule has 122 valence electrons. The normalized spacial score (nSPS) is 12.6. The van der Waals surface area contributed by atoms with Crippen LogP contribution in [0.15, 0.2) is 10.6 Å². The highest BCUT2D eigenvalue weighted by Crippen LogP contribution is 2.10. The molecule has 0 fully saturated rings. The van der Waals surface area contributed by atoms with Crippen molar-refractivity contribution < 1.29 is 9.26 Å². The Hall–Kier alpha value is -0.910. The van der Waals surface area contributed by atoms with Gasteiger partial charge < -0.3 is 14.6 Å². The van der Waals surface area contributed by atoms with E-state index in [1.165, 1.54) is 0 Å². The van der Waals surface area contributed by atoms with E-state index >= 15 is 0 Å². The Morgan fingerprint density at radius 3 is 2.67 bits per heavy atom. The minimum absolute atomic E-state index is 0.0846. The van der Waals surface area contributed by atoms with E-state index in [1.54, 1.807) is 7.11 Å². The lowest BCUT2D eigenvalue weighted by Crippen LogP contribution is -2.35. The number of rotatable bonds is 9. The summed E-state index contributed by atoms with van der Waals surface area (Å²) < 4.78 is 10.6. The topological polar surface area (TPSA) is 50.5 Å². The van der Waals surface area contributed by atoms with Crippen LogP contribution in [0.1, 0.15) is 46.1 Å². The highest BCUT2D eigenvalue weighted by molar-refractivity contribution is 5.05. The van der Waals surface area contributed by atoms with Crippen LogP contribution in [0.3, 0.4) is 0 Å². The first-order chi connectivity index (χ1) is 9.80. The van der Waals surface area contributed by atoms with Crippen LogP contribution in [-0.2, 0) is 17.8 Å². The summed E-state index contributed by atoms with van der Waals surface area (Å²) in [6, 6.07) is 2.04. The zero-order valence-corrected chi connectivity index (χ0v) is 14.4. The van der Waals surface area contributed by atoms with E-state index in [0.29, 0.717) is 5.92 Å². The molecule has 0 saturated heterocycles. The summed E-state index contributed by atoms with van der Waals surface area (Å²) >= 11 is 0. The summed E-state index contributed by atoms with van der Waals surface area (Å²) in [5.74, 6) is 1.53. The van der Waals surface area contributed by atoms with E-state index in [0.717, 1.165) is 44.2 Å². The molecule has 0 radical (unpaired) electrons. The van der Waals surface area contributed by atoms with Gasteiger partial charge in [0.25, 0.3) is 0 Å². The van der Waals surface area contributed by atoms with Crippen molar-refractivity contribution in [2.24, 2.45) is 5.92 Å². The Labute approximate surface area is 129 Å². The lowest BCUT2D eigenvalue weighted by molar-refractivity contribution is 0.129. The van der Waals surface area contributed by atoms with Crippen LogP contribution in [-0.4, -0.2) is 42.4 Å². The minimum atomic E-state index is 0.0846. The van der Waals surface area contributed by atoms with Crippen molar-refractivity contribution in [3.8, 4) is 0 Å². The summed E-state index contributed by atoms with van der Waals surface area (Å²) in [7, 11) is 1.73. The third-order valence-electron chi connectivity index (χ3n) is 3.02. The summed E-state index contributed by atoms with van der Waals surface area (Å²) in [5, 5.41) is 7.55. The molecule has 0 amide bonds. The van der Waals surface area contributed by atoms with Gasteiger partial charge in [-0.25, -0.2) is 0 Å². The second kappa shape index (κ2) is 8.51. The Kier molecular flexibility index (Phi) is 7.35. The van der Waals surface area contributed by atoms with Gasteiger partial charge in [-0.1, -0.05) is 19.0 Å². The van der Waals surface area contributed by atoms with E-state index in [4.69, 9.17) is 9.26 Å². The molecular weight excluding hydrogens is 266 g/mol. The van der Waals surface area contributed by atoms with E-state index in [9.17, 15) is 0 Å². The molecule has 1 rings (SSSR count). The van der Waals surface area contributed by atoms with Crippen LogP contribution in [0.5, 0.6) is 0 Å². The molecule has 1 aromatic rings. The van der Waals surface area contributed by atoms with Crippen LogP contribution in [0.25, 0.3) is 0 Å². The molecule has 0 saturated carbocycles. The van der Waals surface area contributed by atoms with Crippen molar-refractivity contribution in [2.75, 3.05) is 26.8 Å². The molecule has 0 aliphatic rings. The molecule has 5 nitrogen and oxygen atoms in total. The monoisotopic (exact) mass is 297 g/mol. The van der Waals surface area contributed by atoms with Crippen molar-refractivity contribution in [2.45, 2.75) is 53.2 Å². The third-order valence-corrected chi connectivity index (χ3v) is 3.02. The molecule has 1 heterocycles. The Morgan fingerprint density at radius 2 is 2.10 bits per heavy atom. The van der Waals surface area contributed by atoms with E-state index < -0.39 is 0 Å². The van der Waals surface area contributed by atoms with Gasteiger partial charge in [0.1, 0.15) is 0 Å². The second-order valence-electron chi connectivity index (χ2n) is 7.01. The number of ether oxygens (including phenoxy) is 1. The predicted octanol–water partition coefficient (Wildman–Crippen LogP) is 2.67. The van der Waals surface area contributed by atoms with Crippen molar-refractivity contribution in [1.29, 1.82) is 0 Å². The zero-order valence-electron chi connectivity index (χ0n) is 14.4. The Morgan fingerprint density at radius 1 is 1.38 bits per heavy atom. The molecule has 5 heteroatoms. The van der Waals surface area contributed by atoms with Crippen LogP contribution in [0.2, 0.25) is 0 Å². The zero-order chi connectivity index (χ0) is 15.9. The summed E-state index contributed by atoms with van der Waals surface area (Å²) in [5.41, 5.74) is 1.04. The molecule has 1 aromatic heterocycles. The van der Waals surface area contributed by atoms with Crippen molar-refractivity contribution in [1.82, 2.24) is 15.4 Å². The fourth-order valence-corrected chi connectivity index (χ4v) is 2.06. The molecule has 1 N–H and O–H groups in total. The SMILES string of the molecule is COCCN(Cc1cc(CNC(C)(C)C)no1)CC(C)C. The molecule has 0 aliphatic heterocycles. The lowest BCUT2D eigenvalue weighted by atomic mass is 10.1. The fourth-order valence-electron chi connectivity index (χ4n) is 2.06. The number of methoxy groups -OCH3 is 1. The van der Waals surface area contributed by atoms with E-state index in [-0.39, 0.29) is 5.54 Å². The maximum atomic E-state index is 5.45. The highest BCUT2D eigenvalue weighted by atomic mass is 16.5. The van der Waals surface area contributed by atoms with Gasteiger partial charge in [0.15, 0.2) is 5.76 Å². The highest BCUT2D eigenvalue weighted by Gasteiger charge is 2.14. The standard InChI is InChI=1S/C16H31N3O2/c1-13(2)11-19(7-8-20-6)12-15-9-14(18-21-15)10-17-16(3,4)5/h9,13,17H,7-8,10-12H2,1-6H3. The van der Waals surface area contributed by atoms with Gasteiger partial charge in [0.2, 0.25) is 0 Å². The van der Waals surface area contributed by atoms with Gasteiger partial charge in [0, 0.05) is 38.3 Å². The number of nitrogens with one attached hydrogen (secondary N) is 1.